The van der Waals surface area contributed by atoms with Crippen molar-refractivity contribution >= 4 is 17.3 Å². The number of aliphatic hydroxyl groups is 1. The third kappa shape index (κ3) is 4.05. The van der Waals surface area contributed by atoms with E-state index in [-0.39, 0.29) is 24.5 Å². The highest BCUT2D eigenvalue weighted by molar-refractivity contribution is 6.36. The number of hydrogen-bond acceptors (Lipinski definition) is 5. The minimum atomic E-state index is -1.88. The number of carbonyl (C=O) groups is 3. The van der Waals surface area contributed by atoms with Crippen LogP contribution in [0.3, 0.4) is 0 Å². The van der Waals surface area contributed by atoms with Crippen LogP contribution in [0.2, 0.25) is 0 Å². The predicted molar refractivity (Wildman–Crippen MR) is 148 cm³/mol. The maximum Gasteiger partial charge on any atom is 0.184 e. The van der Waals surface area contributed by atoms with Gasteiger partial charge < -0.3 is 9.84 Å². The van der Waals surface area contributed by atoms with Crippen LogP contribution >= 0.6 is 0 Å². The van der Waals surface area contributed by atoms with Crippen LogP contribution < -0.4 is 0 Å². The molecule has 0 radical (unpaired) electrons. The second-order valence-corrected chi connectivity index (χ2v) is 13.1. The lowest BCUT2D eigenvalue weighted by atomic mass is 9.39. The molecule has 1 saturated heterocycles. The molecule has 2 bridgehead atoms. The molecule has 204 valence electrons. The van der Waals surface area contributed by atoms with Crippen LogP contribution in [0, 0.1) is 22.2 Å². The van der Waals surface area contributed by atoms with Gasteiger partial charge in [-0.3, -0.25) is 14.4 Å². The molecule has 38 heavy (non-hydrogen) atoms. The molecule has 1 aliphatic heterocycles. The van der Waals surface area contributed by atoms with E-state index >= 15 is 0 Å². The van der Waals surface area contributed by atoms with Gasteiger partial charge in [-0.1, -0.05) is 67.5 Å². The van der Waals surface area contributed by atoms with Gasteiger partial charge in [-0.2, -0.15) is 0 Å². The average Bonchev–Trinajstić information content (AvgIpc) is 3.22. The van der Waals surface area contributed by atoms with Gasteiger partial charge in [-0.05, 0) is 72.1 Å². The van der Waals surface area contributed by atoms with Gasteiger partial charge in [-0.25, -0.2) is 0 Å². The largest absolute Gasteiger partial charge is 0.490 e. The third-order valence-electron chi connectivity index (χ3n) is 9.16. The standard InChI is InChI=1S/C33H42O5/c1-20(2)14-16-23-18-32-19-25(31(7,8)37)38-28(32)24(17-15-21(3)4)27(35)33(29(32)36,30(23,5)6)26(34)22-12-10-9-11-13-22/h9-15,23,25,37H,16-19H2,1-8H3/t23-,25-,32-,33-/m1/s1. The van der Waals surface area contributed by atoms with E-state index < -0.39 is 39.5 Å². The molecule has 0 amide bonds. The minimum Gasteiger partial charge on any atom is -0.490 e. The molecule has 1 aromatic carbocycles. The van der Waals surface area contributed by atoms with E-state index in [0.29, 0.717) is 29.7 Å². The predicted octanol–water partition coefficient (Wildman–Crippen LogP) is 6.57. The number of Topliss-reactive ketones (excluding diaryl/α,β-unsaturated/α-hetero) is 3. The SMILES string of the molecule is CC(C)=CCC1=C2O[C@@H](C(C)(C)O)C[C@]23C[C@@H](CC=C(C)C)C(C)(C)[C@](C(=O)c2ccccc2)(C1=O)C3=O. The van der Waals surface area contributed by atoms with E-state index in [4.69, 9.17) is 4.74 Å². The Kier molecular flexibility index (Phi) is 7.01. The number of ketones is 3. The van der Waals surface area contributed by atoms with Crippen molar-refractivity contribution in [2.75, 3.05) is 0 Å². The lowest BCUT2D eigenvalue weighted by Gasteiger charge is -2.58. The maximum atomic E-state index is 14.9. The van der Waals surface area contributed by atoms with Crippen LogP contribution in [0.15, 0.2) is 65.0 Å². The van der Waals surface area contributed by atoms with Crippen LogP contribution in [0.25, 0.3) is 0 Å². The minimum absolute atomic E-state index is 0.129. The number of hydrogen-bond donors (Lipinski definition) is 1. The maximum absolute atomic E-state index is 14.9. The number of rotatable bonds is 7. The van der Waals surface area contributed by atoms with Gasteiger partial charge in [0.2, 0.25) is 0 Å². The van der Waals surface area contributed by atoms with Gasteiger partial charge in [-0.15, -0.1) is 0 Å². The van der Waals surface area contributed by atoms with E-state index in [0.717, 1.165) is 11.1 Å². The van der Waals surface area contributed by atoms with E-state index in [1.165, 1.54) is 0 Å². The van der Waals surface area contributed by atoms with Crippen LogP contribution in [0.5, 0.6) is 0 Å². The zero-order chi connectivity index (χ0) is 28.3. The van der Waals surface area contributed by atoms with Gasteiger partial charge in [0.25, 0.3) is 0 Å². The average molecular weight is 519 g/mol. The molecule has 5 heteroatoms. The molecule has 1 heterocycles. The molecular weight excluding hydrogens is 476 g/mol. The van der Waals surface area contributed by atoms with Gasteiger partial charge in [0.15, 0.2) is 22.8 Å². The summed E-state index contributed by atoms with van der Waals surface area (Å²) in [5.41, 5.74) is -2.24. The Bertz CT molecular complexity index is 1250. The molecule has 5 nitrogen and oxygen atoms in total. The molecular formula is C33H42O5. The molecule has 0 aromatic heterocycles. The second-order valence-electron chi connectivity index (χ2n) is 13.1. The molecule has 1 saturated carbocycles. The first-order valence-electron chi connectivity index (χ1n) is 13.7. The summed E-state index contributed by atoms with van der Waals surface area (Å²) >= 11 is 0. The van der Waals surface area contributed by atoms with Gasteiger partial charge >= 0.3 is 0 Å². The van der Waals surface area contributed by atoms with E-state index in [1.807, 2.05) is 53.7 Å². The lowest BCUT2D eigenvalue weighted by molar-refractivity contribution is -0.162. The highest BCUT2D eigenvalue weighted by Crippen LogP contribution is 2.68. The number of fused-ring (bicyclic) bond motifs is 1. The van der Waals surface area contributed by atoms with Crippen molar-refractivity contribution in [3.63, 3.8) is 0 Å². The summed E-state index contributed by atoms with van der Waals surface area (Å²) in [6.45, 7) is 15.2. The highest BCUT2D eigenvalue weighted by atomic mass is 16.5. The first-order valence-corrected chi connectivity index (χ1v) is 13.7. The van der Waals surface area contributed by atoms with Crippen molar-refractivity contribution in [1.29, 1.82) is 0 Å². The normalized spacial score (nSPS) is 29.9. The fourth-order valence-corrected chi connectivity index (χ4v) is 6.84. The Morgan fingerprint density at radius 1 is 1.03 bits per heavy atom. The summed E-state index contributed by atoms with van der Waals surface area (Å²) in [4.78, 5) is 44.4. The number of ether oxygens (including phenoxy) is 1. The molecule has 1 spiro atoms. The van der Waals surface area contributed by atoms with Crippen LogP contribution in [-0.4, -0.2) is 34.2 Å². The Labute approximate surface area is 227 Å². The Morgan fingerprint density at radius 3 is 2.18 bits per heavy atom. The fourth-order valence-electron chi connectivity index (χ4n) is 6.84. The lowest BCUT2D eigenvalue weighted by Crippen LogP contribution is -2.69. The van der Waals surface area contributed by atoms with Gasteiger partial charge in [0, 0.05) is 17.6 Å². The summed E-state index contributed by atoms with van der Waals surface area (Å²) in [5, 5.41) is 11.0. The quantitative estimate of drug-likeness (QED) is 0.251. The molecule has 3 aliphatic rings. The summed E-state index contributed by atoms with van der Waals surface area (Å²) in [6, 6.07) is 8.74. The molecule has 4 atom stereocenters. The van der Waals surface area contributed by atoms with Crippen molar-refractivity contribution in [1.82, 2.24) is 0 Å². The first kappa shape index (κ1) is 28.2. The summed E-state index contributed by atoms with van der Waals surface area (Å²) in [5.74, 6) is -0.977. The number of carbonyl (C=O) groups excluding carboxylic acids is 3. The fraction of sp³-hybridized carbons (Fsp3) is 0.545. The van der Waals surface area contributed by atoms with E-state index in [1.54, 1.807) is 38.1 Å². The molecule has 0 unspecified atom stereocenters. The smallest absolute Gasteiger partial charge is 0.184 e. The number of allylic oxidation sites excluding steroid dienone is 6. The molecule has 1 aromatic rings. The van der Waals surface area contributed by atoms with Gasteiger partial charge in [0.1, 0.15) is 11.9 Å². The van der Waals surface area contributed by atoms with Crippen LogP contribution in [0.4, 0.5) is 0 Å². The first-order chi connectivity index (χ1) is 17.6. The molecule has 2 fully saturated rings. The zero-order valence-corrected chi connectivity index (χ0v) is 24.1. The topological polar surface area (TPSA) is 80.7 Å². The van der Waals surface area contributed by atoms with E-state index in [2.05, 4.69) is 6.08 Å². The molecule has 2 aliphatic carbocycles. The van der Waals surface area contributed by atoms with Crippen molar-refractivity contribution in [3.8, 4) is 0 Å². The van der Waals surface area contributed by atoms with Crippen LogP contribution in [0.1, 0.15) is 91.4 Å². The second kappa shape index (κ2) is 9.44. The summed E-state index contributed by atoms with van der Waals surface area (Å²) < 4.78 is 6.40. The molecule has 1 N–H and O–H groups in total. The molecule has 4 rings (SSSR count). The summed E-state index contributed by atoms with van der Waals surface area (Å²) in [7, 11) is 0. The van der Waals surface area contributed by atoms with Crippen molar-refractivity contribution in [2.24, 2.45) is 22.2 Å². The number of benzene rings is 1. The van der Waals surface area contributed by atoms with Crippen molar-refractivity contribution in [3.05, 3.63) is 70.5 Å². The van der Waals surface area contributed by atoms with Crippen molar-refractivity contribution < 1.29 is 24.2 Å². The Morgan fingerprint density at radius 2 is 1.63 bits per heavy atom. The highest BCUT2D eigenvalue weighted by Gasteiger charge is 2.77. The third-order valence-corrected chi connectivity index (χ3v) is 9.16. The van der Waals surface area contributed by atoms with Crippen LogP contribution in [-0.2, 0) is 14.3 Å². The van der Waals surface area contributed by atoms with Crippen molar-refractivity contribution in [2.45, 2.75) is 92.8 Å². The van der Waals surface area contributed by atoms with E-state index in [9.17, 15) is 19.5 Å². The Hall–Kier alpha value is -2.79. The zero-order valence-electron chi connectivity index (χ0n) is 24.1. The van der Waals surface area contributed by atoms with Gasteiger partial charge in [0.05, 0.1) is 11.0 Å². The Balaban J connectivity index is 2.07. The monoisotopic (exact) mass is 518 g/mol. The summed E-state index contributed by atoms with van der Waals surface area (Å²) in [6.07, 6.45) is 5.07.